The van der Waals surface area contributed by atoms with Crippen LogP contribution in [0.5, 0.6) is 0 Å². The fourth-order valence-electron chi connectivity index (χ4n) is 5.73. The molecule has 5 nitrogen and oxygen atoms in total. The van der Waals surface area contributed by atoms with Crippen LogP contribution >= 0.6 is 11.5 Å². The van der Waals surface area contributed by atoms with Gasteiger partial charge in [-0.1, -0.05) is 38.5 Å². The highest BCUT2D eigenvalue weighted by molar-refractivity contribution is 7.03. The molecule has 0 bridgehead atoms. The van der Waals surface area contributed by atoms with Crippen molar-refractivity contribution in [2.75, 3.05) is 19.6 Å². The predicted molar refractivity (Wildman–Crippen MR) is 117 cm³/mol. The lowest BCUT2D eigenvalue weighted by molar-refractivity contribution is -0.149. The maximum Gasteiger partial charge on any atom is 0.258 e. The monoisotopic (exact) mass is 419 g/mol. The van der Waals surface area contributed by atoms with E-state index in [1.807, 2.05) is 11.4 Å². The summed E-state index contributed by atoms with van der Waals surface area (Å²) in [5.41, 5.74) is -0.925. The number of carbonyl (C=O) groups excluding carboxylic acids is 1. The fourth-order valence-corrected chi connectivity index (χ4v) is 6.29. The Morgan fingerprint density at radius 1 is 1.07 bits per heavy atom. The Kier molecular flexibility index (Phi) is 7.25. The summed E-state index contributed by atoms with van der Waals surface area (Å²) in [6, 6.07) is 1.98. The second-order valence-corrected chi connectivity index (χ2v) is 10.2. The standard InChI is InChI=1S/C23H37N3O2S/c27-22(23(28,19-9-5-6-10-19)21-13-16-29-25-21)24-20-11-14-26(15-12-20)17-18-7-3-1-2-4-8-18/h13,16,18-20,28H,1-12,14-15,17H2,(H,24,27). The number of nitrogens with one attached hydrogen (secondary N) is 1. The maximum absolute atomic E-state index is 13.2. The smallest absolute Gasteiger partial charge is 0.258 e. The lowest BCUT2D eigenvalue weighted by atomic mass is 9.82. The Bertz CT molecular complexity index is 631. The summed E-state index contributed by atoms with van der Waals surface area (Å²) < 4.78 is 4.35. The van der Waals surface area contributed by atoms with E-state index in [0.717, 1.165) is 57.5 Å². The van der Waals surface area contributed by atoms with E-state index in [1.54, 1.807) is 0 Å². The molecule has 4 rings (SSSR count). The van der Waals surface area contributed by atoms with Crippen molar-refractivity contribution in [2.24, 2.45) is 11.8 Å². The molecule has 1 aromatic heterocycles. The lowest BCUT2D eigenvalue weighted by Gasteiger charge is -2.37. The average molecular weight is 420 g/mol. The second kappa shape index (κ2) is 9.88. The summed E-state index contributed by atoms with van der Waals surface area (Å²) in [5.74, 6) is 0.623. The number of rotatable bonds is 6. The van der Waals surface area contributed by atoms with Crippen LogP contribution in [0.4, 0.5) is 0 Å². The Morgan fingerprint density at radius 2 is 1.72 bits per heavy atom. The van der Waals surface area contributed by atoms with Crippen molar-refractivity contribution in [3.05, 3.63) is 17.1 Å². The van der Waals surface area contributed by atoms with Crippen molar-refractivity contribution in [2.45, 2.75) is 88.7 Å². The number of aliphatic hydroxyl groups is 1. The van der Waals surface area contributed by atoms with Crippen molar-refractivity contribution in [3.63, 3.8) is 0 Å². The highest BCUT2D eigenvalue weighted by Gasteiger charge is 2.48. The van der Waals surface area contributed by atoms with Gasteiger partial charge in [0.15, 0.2) is 5.60 Å². The number of amides is 1. The zero-order chi connectivity index (χ0) is 20.1. The van der Waals surface area contributed by atoms with Gasteiger partial charge >= 0.3 is 0 Å². The highest BCUT2D eigenvalue weighted by Crippen LogP contribution is 2.40. The van der Waals surface area contributed by atoms with Crippen LogP contribution in [0.3, 0.4) is 0 Å². The Labute approximate surface area is 179 Å². The van der Waals surface area contributed by atoms with Gasteiger partial charge in [-0.25, -0.2) is 0 Å². The van der Waals surface area contributed by atoms with Gasteiger partial charge in [0, 0.05) is 37.0 Å². The van der Waals surface area contributed by atoms with E-state index < -0.39 is 5.60 Å². The molecule has 2 N–H and O–H groups in total. The van der Waals surface area contributed by atoms with Crippen LogP contribution in [0.15, 0.2) is 11.4 Å². The fraction of sp³-hybridized carbons (Fsp3) is 0.826. The van der Waals surface area contributed by atoms with Crippen LogP contribution in [-0.2, 0) is 10.4 Å². The molecular formula is C23H37N3O2S. The SMILES string of the molecule is O=C(NC1CCN(CC2CCCCCC2)CC1)C(O)(c1ccsn1)C1CCCC1. The van der Waals surface area contributed by atoms with E-state index in [2.05, 4.69) is 14.6 Å². The zero-order valence-corrected chi connectivity index (χ0v) is 18.5. The number of piperidine rings is 1. The summed E-state index contributed by atoms with van der Waals surface area (Å²) in [5, 5.41) is 16.6. The number of likely N-dealkylation sites (tertiary alicyclic amines) is 1. The Morgan fingerprint density at radius 3 is 2.34 bits per heavy atom. The minimum Gasteiger partial charge on any atom is -0.374 e. The number of hydrogen-bond acceptors (Lipinski definition) is 5. The molecule has 2 heterocycles. The maximum atomic E-state index is 13.2. The first-order valence-electron chi connectivity index (χ1n) is 11.8. The summed E-state index contributed by atoms with van der Waals surface area (Å²) >= 11 is 1.31. The van der Waals surface area contributed by atoms with Gasteiger partial charge < -0.3 is 15.3 Å². The van der Waals surface area contributed by atoms with E-state index in [9.17, 15) is 9.90 Å². The molecule has 1 aromatic rings. The van der Waals surface area contributed by atoms with Gasteiger partial charge in [-0.15, -0.1) is 0 Å². The summed E-state index contributed by atoms with van der Waals surface area (Å²) in [6.45, 7) is 3.34. The van der Waals surface area contributed by atoms with E-state index >= 15 is 0 Å². The van der Waals surface area contributed by atoms with Crippen LogP contribution in [0, 0.1) is 11.8 Å². The highest BCUT2D eigenvalue weighted by atomic mass is 32.1. The first-order valence-corrected chi connectivity index (χ1v) is 12.7. The van der Waals surface area contributed by atoms with Crippen molar-refractivity contribution in [3.8, 4) is 0 Å². The van der Waals surface area contributed by atoms with Crippen molar-refractivity contribution in [1.82, 2.24) is 14.6 Å². The molecule has 162 valence electrons. The van der Waals surface area contributed by atoms with Gasteiger partial charge in [-0.3, -0.25) is 4.79 Å². The van der Waals surface area contributed by atoms with Crippen LogP contribution in [0.25, 0.3) is 0 Å². The normalized spacial score (nSPS) is 25.6. The molecule has 6 heteroatoms. The third kappa shape index (κ3) is 5.02. The Balaban J connectivity index is 1.31. The van der Waals surface area contributed by atoms with Gasteiger partial charge in [0.1, 0.15) is 0 Å². The molecule has 29 heavy (non-hydrogen) atoms. The average Bonchev–Trinajstić information content (AvgIpc) is 3.41. The molecule has 0 spiro atoms. The lowest BCUT2D eigenvalue weighted by Crippen LogP contribution is -2.54. The van der Waals surface area contributed by atoms with Crippen molar-refractivity contribution in [1.29, 1.82) is 0 Å². The first-order chi connectivity index (χ1) is 14.2. The van der Waals surface area contributed by atoms with Crippen LogP contribution in [0.2, 0.25) is 0 Å². The van der Waals surface area contributed by atoms with Gasteiger partial charge in [0.2, 0.25) is 0 Å². The first kappa shape index (κ1) is 21.3. The summed E-state index contributed by atoms with van der Waals surface area (Å²) in [7, 11) is 0. The van der Waals surface area contributed by atoms with E-state index in [1.165, 1.54) is 56.6 Å². The molecule has 1 aliphatic heterocycles. The van der Waals surface area contributed by atoms with E-state index in [0.29, 0.717) is 5.69 Å². The van der Waals surface area contributed by atoms with Crippen LogP contribution in [-0.4, -0.2) is 46.0 Å². The summed E-state index contributed by atoms with van der Waals surface area (Å²) in [6.07, 6.45) is 14.3. The minimum absolute atomic E-state index is 0.0140. The van der Waals surface area contributed by atoms with Crippen LogP contribution < -0.4 is 5.32 Å². The topological polar surface area (TPSA) is 65.5 Å². The third-order valence-electron chi connectivity index (χ3n) is 7.53. The van der Waals surface area contributed by atoms with Gasteiger partial charge in [0.25, 0.3) is 5.91 Å². The molecule has 2 aliphatic carbocycles. The molecule has 0 aromatic carbocycles. The third-order valence-corrected chi connectivity index (χ3v) is 8.09. The zero-order valence-electron chi connectivity index (χ0n) is 17.7. The van der Waals surface area contributed by atoms with Gasteiger partial charge in [-0.2, -0.15) is 4.37 Å². The molecule has 2 saturated carbocycles. The minimum atomic E-state index is -1.46. The van der Waals surface area contributed by atoms with Gasteiger partial charge in [-0.05, 0) is 62.0 Å². The number of hydrogen-bond donors (Lipinski definition) is 2. The van der Waals surface area contributed by atoms with Gasteiger partial charge in [0.05, 0.1) is 5.69 Å². The molecule has 1 saturated heterocycles. The Hall–Kier alpha value is -0.980. The number of aromatic nitrogens is 1. The second-order valence-electron chi connectivity index (χ2n) is 9.54. The molecular weight excluding hydrogens is 382 g/mol. The predicted octanol–water partition coefficient (Wildman–Crippen LogP) is 4.07. The molecule has 1 unspecified atom stereocenters. The quantitative estimate of drug-likeness (QED) is 0.682. The molecule has 1 amide bonds. The largest absolute Gasteiger partial charge is 0.374 e. The molecule has 0 radical (unpaired) electrons. The summed E-state index contributed by atoms with van der Waals surface area (Å²) in [4.78, 5) is 15.8. The number of carbonyl (C=O) groups is 1. The van der Waals surface area contributed by atoms with E-state index in [4.69, 9.17) is 0 Å². The van der Waals surface area contributed by atoms with Crippen LogP contribution in [0.1, 0.15) is 82.7 Å². The molecule has 3 fully saturated rings. The van der Waals surface area contributed by atoms with Crippen molar-refractivity contribution >= 4 is 17.4 Å². The molecule has 3 aliphatic rings. The van der Waals surface area contributed by atoms with Crippen molar-refractivity contribution < 1.29 is 9.90 Å². The van der Waals surface area contributed by atoms with E-state index in [-0.39, 0.29) is 17.9 Å². The number of nitrogens with zero attached hydrogens (tertiary/aromatic N) is 2. The molecule has 1 atom stereocenters.